The van der Waals surface area contributed by atoms with Crippen LogP contribution in [0.1, 0.15) is 29.9 Å². The van der Waals surface area contributed by atoms with E-state index in [0.29, 0.717) is 17.5 Å². The first-order chi connectivity index (χ1) is 11.6. The number of carbonyl (C=O) groups excluding carboxylic acids is 1. The van der Waals surface area contributed by atoms with Crippen LogP contribution in [0.25, 0.3) is 0 Å². The lowest BCUT2D eigenvalue weighted by Gasteiger charge is -2.45. The first kappa shape index (κ1) is 17.0. The third-order valence-corrected chi connectivity index (χ3v) is 5.33. The van der Waals surface area contributed by atoms with Gasteiger partial charge in [0.2, 0.25) is 0 Å². The number of amides is 1. The van der Waals surface area contributed by atoms with Gasteiger partial charge in [-0.2, -0.15) is 8.75 Å². The summed E-state index contributed by atoms with van der Waals surface area (Å²) in [7, 11) is 1.90. The SMILES string of the molecule is C[C@@H]1CN(Cc2ccccc2)C[C@H](C)C1N(C)C(=O)c1cnsn1. The fourth-order valence-electron chi connectivity index (χ4n) is 3.98. The second-order valence-electron chi connectivity index (χ2n) is 6.83. The molecule has 3 rings (SSSR count). The molecule has 128 valence electrons. The fourth-order valence-corrected chi connectivity index (χ4v) is 4.38. The van der Waals surface area contributed by atoms with Gasteiger partial charge >= 0.3 is 0 Å². The summed E-state index contributed by atoms with van der Waals surface area (Å²) in [5.41, 5.74) is 1.79. The van der Waals surface area contributed by atoms with Crippen molar-refractivity contribution in [2.24, 2.45) is 11.8 Å². The molecule has 0 saturated carbocycles. The number of rotatable bonds is 4. The molecule has 2 heterocycles. The predicted octanol–water partition coefficient (Wildman–Crippen LogP) is 2.77. The lowest BCUT2D eigenvalue weighted by atomic mass is 9.84. The Morgan fingerprint density at radius 3 is 2.50 bits per heavy atom. The van der Waals surface area contributed by atoms with Crippen LogP contribution in [-0.2, 0) is 6.54 Å². The highest BCUT2D eigenvalue weighted by Gasteiger charge is 2.36. The number of hydrogen-bond donors (Lipinski definition) is 0. The zero-order chi connectivity index (χ0) is 17.1. The monoisotopic (exact) mass is 344 g/mol. The summed E-state index contributed by atoms with van der Waals surface area (Å²) in [5.74, 6) is 0.806. The lowest BCUT2D eigenvalue weighted by Crippen LogP contribution is -2.55. The molecule has 0 spiro atoms. The van der Waals surface area contributed by atoms with Crippen LogP contribution in [0.3, 0.4) is 0 Å². The highest BCUT2D eigenvalue weighted by molar-refractivity contribution is 6.99. The van der Waals surface area contributed by atoms with E-state index in [0.717, 1.165) is 31.4 Å². The fraction of sp³-hybridized carbons (Fsp3) is 0.500. The van der Waals surface area contributed by atoms with E-state index in [2.05, 4.69) is 57.8 Å². The predicted molar refractivity (Wildman–Crippen MR) is 95.8 cm³/mol. The molecule has 1 aromatic carbocycles. The average molecular weight is 344 g/mol. The molecule has 0 bridgehead atoms. The number of piperidine rings is 1. The summed E-state index contributed by atoms with van der Waals surface area (Å²) in [4.78, 5) is 16.9. The van der Waals surface area contributed by atoms with Crippen LogP contribution >= 0.6 is 11.7 Å². The Morgan fingerprint density at radius 1 is 1.25 bits per heavy atom. The van der Waals surface area contributed by atoms with Crippen molar-refractivity contribution in [1.82, 2.24) is 18.5 Å². The van der Waals surface area contributed by atoms with Gasteiger partial charge in [0, 0.05) is 32.7 Å². The molecular formula is C18H24N4OS. The number of hydrogen-bond acceptors (Lipinski definition) is 5. The van der Waals surface area contributed by atoms with Crippen LogP contribution in [0.2, 0.25) is 0 Å². The Morgan fingerprint density at radius 2 is 1.92 bits per heavy atom. The van der Waals surface area contributed by atoms with Crippen molar-refractivity contribution >= 4 is 17.6 Å². The number of carbonyl (C=O) groups is 1. The molecular weight excluding hydrogens is 320 g/mol. The highest BCUT2D eigenvalue weighted by Crippen LogP contribution is 2.28. The third kappa shape index (κ3) is 3.65. The lowest BCUT2D eigenvalue weighted by molar-refractivity contribution is 0.0268. The molecule has 2 aromatic rings. The maximum Gasteiger partial charge on any atom is 0.275 e. The summed E-state index contributed by atoms with van der Waals surface area (Å²) in [5, 5.41) is 0. The van der Waals surface area contributed by atoms with Gasteiger partial charge in [0.15, 0.2) is 5.69 Å². The average Bonchev–Trinajstić information content (AvgIpc) is 3.08. The minimum absolute atomic E-state index is 0.0241. The van der Waals surface area contributed by atoms with E-state index in [4.69, 9.17) is 0 Å². The van der Waals surface area contributed by atoms with E-state index in [1.54, 1.807) is 6.20 Å². The molecule has 5 nitrogen and oxygen atoms in total. The summed E-state index contributed by atoms with van der Waals surface area (Å²) >= 11 is 1.08. The normalized spacial score (nSPS) is 24.7. The van der Waals surface area contributed by atoms with E-state index in [1.165, 1.54) is 5.56 Å². The second-order valence-corrected chi connectivity index (χ2v) is 7.39. The number of likely N-dealkylation sites (tertiary alicyclic amines) is 1. The van der Waals surface area contributed by atoms with Gasteiger partial charge in [-0.05, 0) is 17.4 Å². The number of aromatic nitrogens is 2. The van der Waals surface area contributed by atoms with Gasteiger partial charge in [0.1, 0.15) is 0 Å². The molecule has 1 aliphatic heterocycles. The third-order valence-electron chi connectivity index (χ3n) is 4.86. The Kier molecular flexibility index (Phi) is 5.26. The standard InChI is InChI=1S/C18H24N4OS/c1-13-10-22(12-15-7-5-4-6-8-15)11-14(2)17(13)21(3)18(23)16-9-19-24-20-16/h4-9,13-14,17H,10-12H2,1-3H3/t13-,14+,17?. The minimum Gasteiger partial charge on any atom is -0.337 e. The van der Waals surface area contributed by atoms with Crippen LogP contribution in [-0.4, -0.2) is 50.6 Å². The molecule has 1 fully saturated rings. The molecule has 1 amide bonds. The van der Waals surface area contributed by atoms with Crippen molar-refractivity contribution in [3.8, 4) is 0 Å². The topological polar surface area (TPSA) is 49.3 Å². The molecule has 6 heteroatoms. The van der Waals surface area contributed by atoms with Gasteiger partial charge in [0.25, 0.3) is 5.91 Å². The molecule has 0 aliphatic carbocycles. The quantitative estimate of drug-likeness (QED) is 0.856. The van der Waals surface area contributed by atoms with Crippen molar-refractivity contribution in [2.45, 2.75) is 26.4 Å². The van der Waals surface area contributed by atoms with Crippen LogP contribution in [0, 0.1) is 11.8 Å². The van der Waals surface area contributed by atoms with Crippen LogP contribution in [0.4, 0.5) is 0 Å². The molecule has 1 unspecified atom stereocenters. The zero-order valence-electron chi connectivity index (χ0n) is 14.4. The van der Waals surface area contributed by atoms with E-state index < -0.39 is 0 Å². The van der Waals surface area contributed by atoms with E-state index in [-0.39, 0.29) is 11.9 Å². The van der Waals surface area contributed by atoms with E-state index in [9.17, 15) is 4.79 Å². The summed E-state index contributed by atoms with van der Waals surface area (Å²) < 4.78 is 8.02. The molecule has 0 radical (unpaired) electrons. The first-order valence-corrected chi connectivity index (χ1v) is 9.10. The summed E-state index contributed by atoms with van der Waals surface area (Å²) in [6, 6.07) is 10.8. The van der Waals surface area contributed by atoms with Gasteiger partial charge in [-0.1, -0.05) is 44.2 Å². The maximum absolute atomic E-state index is 12.6. The largest absolute Gasteiger partial charge is 0.337 e. The number of benzene rings is 1. The maximum atomic E-state index is 12.6. The van der Waals surface area contributed by atoms with Crippen molar-refractivity contribution in [3.05, 3.63) is 47.8 Å². The zero-order valence-corrected chi connectivity index (χ0v) is 15.2. The Labute approximate surface area is 147 Å². The van der Waals surface area contributed by atoms with Crippen LogP contribution in [0.5, 0.6) is 0 Å². The minimum atomic E-state index is -0.0241. The van der Waals surface area contributed by atoms with Gasteiger partial charge in [-0.15, -0.1) is 0 Å². The van der Waals surface area contributed by atoms with Gasteiger partial charge in [0.05, 0.1) is 17.9 Å². The second kappa shape index (κ2) is 7.40. The van der Waals surface area contributed by atoms with Crippen molar-refractivity contribution in [3.63, 3.8) is 0 Å². The van der Waals surface area contributed by atoms with E-state index >= 15 is 0 Å². The number of nitrogens with zero attached hydrogens (tertiary/aromatic N) is 4. The van der Waals surface area contributed by atoms with Crippen molar-refractivity contribution in [1.29, 1.82) is 0 Å². The highest BCUT2D eigenvalue weighted by atomic mass is 32.1. The summed E-state index contributed by atoms with van der Waals surface area (Å²) in [6.45, 7) is 7.44. The molecule has 1 aromatic heterocycles. The molecule has 3 atom stereocenters. The van der Waals surface area contributed by atoms with Gasteiger partial charge in [-0.3, -0.25) is 9.69 Å². The smallest absolute Gasteiger partial charge is 0.275 e. The van der Waals surface area contributed by atoms with Crippen LogP contribution < -0.4 is 0 Å². The molecule has 24 heavy (non-hydrogen) atoms. The van der Waals surface area contributed by atoms with Gasteiger partial charge in [-0.25, -0.2) is 0 Å². The first-order valence-electron chi connectivity index (χ1n) is 8.37. The Hall–Kier alpha value is -1.79. The van der Waals surface area contributed by atoms with Crippen LogP contribution in [0.15, 0.2) is 36.5 Å². The molecule has 0 N–H and O–H groups in total. The van der Waals surface area contributed by atoms with E-state index in [1.807, 2.05) is 11.9 Å². The van der Waals surface area contributed by atoms with Gasteiger partial charge < -0.3 is 4.90 Å². The van der Waals surface area contributed by atoms with Crippen molar-refractivity contribution < 1.29 is 4.79 Å². The van der Waals surface area contributed by atoms with Crippen molar-refractivity contribution in [2.75, 3.05) is 20.1 Å². The summed E-state index contributed by atoms with van der Waals surface area (Å²) in [6.07, 6.45) is 1.56. The Bertz CT molecular complexity index is 649. The molecule has 1 saturated heterocycles. The Balaban J connectivity index is 1.66. The molecule has 1 aliphatic rings.